The molecule has 5 rings (SSSR count). The van der Waals surface area contributed by atoms with Gasteiger partial charge in [-0.2, -0.15) is 0 Å². The summed E-state index contributed by atoms with van der Waals surface area (Å²) in [4.78, 5) is 19.7. The molecule has 0 aliphatic rings. The van der Waals surface area contributed by atoms with Gasteiger partial charge < -0.3 is 9.40 Å². The number of H-pyrrole nitrogens is 1. The lowest BCUT2D eigenvalue weighted by molar-refractivity contribution is 0.485. The number of rotatable bonds is 6. The first-order valence-corrected chi connectivity index (χ1v) is 11.2. The fourth-order valence-corrected chi connectivity index (χ4v) is 4.78. The average molecular weight is 436 g/mol. The van der Waals surface area contributed by atoms with Gasteiger partial charge in [-0.25, -0.2) is 4.98 Å². The summed E-state index contributed by atoms with van der Waals surface area (Å²) in [6.45, 7) is 2.57. The highest BCUT2D eigenvalue weighted by molar-refractivity contribution is 7.98. The van der Waals surface area contributed by atoms with Crippen LogP contribution in [0, 0.1) is 6.92 Å². The summed E-state index contributed by atoms with van der Waals surface area (Å²) < 4.78 is 8.24. The predicted molar refractivity (Wildman–Crippen MR) is 118 cm³/mol. The molecule has 0 radical (unpaired) electrons. The fourth-order valence-electron chi connectivity index (χ4n) is 3.24. The molecule has 0 aliphatic heterocycles. The maximum atomic E-state index is 12.2. The third-order valence-corrected chi connectivity index (χ3v) is 6.58. The molecule has 30 heavy (non-hydrogen) atoms. The zero-order valence-electron chi connectivity index (χ0n) is 16.0. The first-order chi connectivity index (χ1) is 14.7. The van der Waals surface area contributed by atoms with Gasteiger partial charge in [-0.15, -0.1) is 21.5 Å². The number of aryl methyl sites for hydroxylation is 1. The second-order valence-corrected chi connectivity index (χ2v) is 8.58. The number of fused-ring (bicyclic) bond motifs is 1. The molecule has 1 aromatic carbocycles. The number of aromatic amines is 1. The zero-order valence-corrected chi connectivity index (χ0v) is 17.7. The Balaban J connectivity index is 1.49. The highest BCUT2D eigenvalue weighted by atomic mass is 32.2. The van der Waals surface area contributed by atoms with Crippen molar-refractivity contribution < 1.29 is 4.42 Å². The first kappa shape index (κ1) is 18.8. The zero-order chi connectivity index (χ0) is 20.5. The van der Waals surface area contributed by atoms with Crippen LogP contribution in [0.5, 0.6) is 0 Å². The van der Waals surface area contributed by atoms with Crippen LogP contribution in [0.15, 0.2) is 68.5 Å². The summed E-state index contributed by atoms with van der Waals surface area (Å²) in [5.74, 6) is 2.69. The Morgan fingerprint density at radius 3 is 2.90 bits per heavy atom. The van der Waals surface area contributed by atoms with Crippen molar-refractivity contribution in [1.29, 1.82) is 0 Å². The van der Waals surface area contributed by atoms with Crippen molar-refractivity contribution in [2.24, 2.45) is 0 Å². The van der Waals surface area contributed by atoms with Gasteiger partial charge in [-0.05, 0) is 36.1 Å². The van der Waals surface area contributed by atoms with Crippen molar-refractivity contribution >= 4 is 33.3 Å². The van der Waals surface area contributed by atoms with E-state index in [9.17, 15) is 4.79 Å². The standard InChI is InChI=1S/C21H17N5O2S2/c1-13-5-2-3-7-15(13)19-24-25-21(26(19)11-14-6-4-9-28-14)30-12-17-22-16-8-10-29-18(16)20(27)23-17/h2-10H,11-12H2,1H3,(H,22,23,27). The SMILES string of the molecule is Cc1ccccc1-c1nnc(SCc2nc3ccsc3c(=O)[nH]2)n1Cc1ccco1. The topological polar surface area (TPSA) is 89.6 Å². The number of thioether (sulfide) groups is 1. The number of hydrogen-bond acceptors (Lipinski definition) is 7. The Hall–Kier alpha value is -3.17. The number of hydrogen-bond donors (Lipinski definition) is 1. The van der Waals surface area contributed by atoms with Crippen molar-refractivity contribution in [3.63, 3.8) is 0 Å². The van der Waals surface area contributed by atoms with Crippen LogP contribution in [-0.4, -0.2) is 24.7 Å². The highest BCUT2D eigenvalue weighted by Gasteiger charge is 2.18. The first-order valence-electron chi connectivity index (χ1n) is 9.30. The molecule has 4 aromatic heterocycles. The molecule has 0 unspecified atom stereocenters. The minimum atomic E-state index is -0.108. The molecule has 0 saturated carbocycles. The number of furan rings is 1. The van der Waals surface area contributed by atoms with Crippen LogP contribution in [0.4, 0.5) is 0 Å². The van der Waals surface area contributed by atoms with Gasteiger partial charge >= 0.3 is 0 Å². The number of benzene rings is 1. The summed E-state index contributed by atoms with van der Waals surface area (Å²) in [7, 11) is 0. The van der Waals surface area contributed by atoms with Crippen LogP contribution in [0.3, 0.4) is 0 Å². The molecule has 0 atom stereocenters. The van der Waals surface area contributed by atoms with E-state index in [0.29, 0.717) is 22.8 Å². The Bertz CT molecular complexity index is 1370. The van der Waals surface area contributed by atoms with Gasteiger partial charge in [0.25, 0.3) is 5.56 Å². The van der Waals surface area contributed by atoms with Crippen molar-refractivity contribution in [1.82, 2.24) is 24.7 Å². The molecule has 7 nitrogen and oxygen atoms in total. The van der Waals surface area contributed by atoms with E-state index < -0.39 is 0 Å². The van der Waals surface area contributed by atoms with Crippen molar-refractivity contribution in [3.05, 3.63) is 81.6 Å². The van der Waals surface area contributed by atoms with E-state index in [1.807, 2.05) is 46.3 Å². The van der Waals surface area contributed by atoms with Gasteiger partial charge in [0.05, 0.1) is 24.1 Å². The van der Waals surface area contributed by atoms with E-state index in [1.54, 1.807) is 6.26 Å². The molecule has 0 saturated heterocycles. The number of nitrogens with zero attached hydrogens (tertiary/aromatic N) is 4. The van der Waals surface area contributed by atoms with Gasteiger partial charge in [-0.3, -0.25) is 9.36 Å². The smallest absolute Gasteiger partial charge is 0.268 e. The van der Waals surface area contributed by atoms with Gasteiger partial charge in [0.1, 0.15) is 16.3 Å². The van der Waals surface area contributed by atoms with Crippen LogP contribution in [0.2, 0.25) is 0 Å². The molecular formula is C21H17N5O2S2. The van der Waals surface area contributed by atoms with E-state index in [-0.39, 0.29) is 5.56 Å². The molecule has 4 heterocycles. The molecule has 5 aromatic rings. The Morgan fingerprint density at radius 2 is 2.07 bits per heavy atom. The van der Waals surface area contributed by atoms with Gasteiger partial charge in [0.2, 0.25) is 0 Å². The van der Waals surface area contributed by atoms with Crippen LogP contribution in [0.1, 0.15) is 17.1 Å². The molecule has 0 spiro atoms. The molecule has 0 aliphatic carbocycles. The van der Waals surface area contributed by atoms with E-state index in [2.05, 4.69) is 33.2 Å². The average Bonchev–Trinajstić information content (AvgIpc) is 3.49. The molecule has 150 valence electrons. The normalized spacial score (nSPS) is 11.4. The fraction of sp³-hybridized carbons (Fsp3) is 0.143. The Labute approximate surface area is 179 Å². The maximum Gasteiger partial charge on any atom is 0.268 e. The molecule has 1 N–H and O–H groups in total. The monoisotopic (exact) mass is 435 g/mol. The number of nitrogens with one attached hydrogen (secondary N) is 1. The van der Waals surface area contributed by atoms with Crippen molar-refractivity contribution in [2.75, 3.05) is 0 Å². The largest absolute Gasteiger partial charge is 0.467 e. The number of thiophene rings is 1. The summed E-state index contributed by atoms with van der Waals surface area (Å²) in [5.41, 5.74) is 2.76. The van der Waals surface area contributed by atoms with Gasteiger partial charge in [0, 0.05) is 5.56 Å². The summed E-state index contributed by atoms with van der Waals surface area (Å²) in [6, 6.07) is 13.7. The quantitative estimate of drug-likeness (QED) is 0.396. The minimum absolute atomic E-state index is 0.108. The molecule has 0 amide bonds. The Kier molecular flexibility index (Phi) is 4.97. The number of aromatic nitrogens is 5. The lowest BCUT2D eigenvalue weighted by atomic mass is 10.1. The predicted octanol–water partition coefficient (Wildman–Crippen LogP) is 4.49. The van der Waals surface area contributed by atoms with Gasteiger partial charge in [-0.1, -0.05) is 36.0 Å². The van der Waals surface area contributed by atoms with E-state index in [4.69, 9.17) is 4.42 Å². The third kappa shape index (κ3) is 3.57. The Morgan fingerprint density at radius 1 is 1.17 bits per heavy atom. The second kappa shape index (κ2) is 7.92. The van der Waals surface area contributed by atoms with Crippen LogP contribution < -0.4 is 5.56 Å². The molecular weight excluding hydrogens is 418 g/mol. The van der Waals surface area contributed by atoms with Crippen LogP contribution in [0.25, 0.3) is 21.6 Å². The van der Waals surface area contributed by atoms with Crippen LogP contribution in [-0.2, 0) is 12.3 Å². The molecule has 9 heteroatoms. The molecule has 0 bridgehead atoms. The van der Waals surface area contributed by atoms with E-state index in [1.165, 1.54) is 23.1 Å². The van der Waals surface area contributed by atoms with Crippen molar-refractivity contribution in [2.45, 2.75) is 24.4 Å². The summed E-state index contributed by atoms with van der Waals surface area (Å²) in [5, 5.41) is 11.5. The minimum Gasteiger partial charge on any atom is -0.467 e. The van der Waals surface area contributed by atoms with Crippen molar-refractivity contribution in [3.8, 4) is 11.4 Å². The van der Waals surface area contributed by atoms with Gasteiger partial charge in [0.15, 0.2) is 11.0 Å². The summed E-state index contributed by atoms with van der Waals surface area (Å²) in [6.07, 6.45) is 1.66. The van der Waals surface area contributed by atoms with E-state index >= 15 is 0 Å². The van der Waals surface area contributed by atoms with Crippen LogP contribution >= 0.6 is 23.1 Å². The molecule has 0 fully saturated rings. The van der Waals surface area contributed by atoms with E-state index in [0.717, 1.165) is 33.4 Å². The highest BCUT2D eigenvalue weighted by Crippen LogP contribution is 2.28. The third-order valence-electron chi connectivity index (χ3n) is 4.70. The maximum absolute atomic E-state index is 12.2. The second-order valence-electron chi connectivity index (χ2n) is 6.72. The lowest BCUT2D eigenvalue weighted by Crippen LogP contribution is -2.10. The summed E-state index contributed by atoms with van der Waals surface area (Å²) >= 11 is 2.88. The lowest BCUT2D eigenvalue weighted by Gasteiger charge is -2.10.